The van der Waals surface area contributed by atoms with E-state index >= 15 is 0 Å². The van der Waals surface area contributed by atoms with Crippen LogP contribution in [0.5, 0.6) is 0 Å². The van der Waals surface area contributed by atoms with Gasteiger partial charge in [-0.1, -0.05) is 24.3 Å². The fraction of sp³-hybridized carbons (Fsp3) is 0.0833. The monoisotopic (exact) mass is 218 g/mol. The van der Waals surface area contributed by atoms with Gasteiger partial charge in [0.25, 0.3) is 0 Å². The first-order valence-electron chi connectivity index (χ1n) is 4.53. The van der Waals surface area contributed by atoms with Gasteiger partial charge in [-0.05, 0) is 29.2 Å². The predicted molar refractivity (Wildman–Crippen MR) is 62.7 cm³/mol. The number of carbonyl (C=O) groups is 1. The third-order valence-electron chi connectivity index (χ3n) is 2.33. The summed E-state index contributed by atoms with van der Waals surface area (Å²) in [5, 5.41) is 10.8. The van der Waals surface area contributed by atoms with E-state index in [0.717, 1.165) is 15.7 Å². The second-order valence-electron chi connectivity index (χ2n) is 3.17. The molecular weight excluding hydrogens is 208 g/mol. The topological polar surface area (TPSA) is 37.3 Å². The molecule has 0 bridgehead atoms. The van der Waals surface area contributed by atoms with E-state index in [4.69, 9.17) is 5.11 Å². The number of carboxylic acid groups (broad SMARTS) is 1. The fourth-order valence-electron chi connectivity index (χ4n) is 1.64. The maximum absolute atomic E-state index is 11.0. The number of fused-ring (bicyclic) bond motifs is 1. The lowest BCUT2D eigenvalue weighted by molar-refractivity contribution is 0.0699. The Labute approximate surface area is 91.9 Å². The minimum atomic E-state index is -0.876. The van der Waals surface area contributed by atoms with E-state index in [9.17, 15) is 4.79 Å². The number of thioether (sulfide) groups is 1. The maximum Gasteiger partial charge on any atom is 0.336 e. The first kappa shape index (κ1) is 10.1. The molecule has 76 valence electrons. The summed E-state index contributed by atoms with van der Waals surface area (Å²) in [4.78, 5) is 12.1. The minimum Gasteiger partial charge on any atom is -0.478 e. The molecule has 1 N–H and O–H groups in total. The van der Waals surface area contributed by atoms with Crippen molar-refractivity contribution in [3.05, 3.63) is 42.0 Å². The van der Waals surface area contributed by atoms with Crippen molar-refractivity contribution >= 4 is 28.5 Å². The van der Waals surface area contributed by atoms with Gasteiger partial charge in [-0.3, -0.25) is 0 Å². The molecule has 0 aliphatic rings. The predicted octanol–water partition coefficient (Wildman–Crippen LogP) is 3.26. The minimum absolute atomic E-state index is 0.364. The lowest BCUT2D eigenvalue weighted by atomic mass is 10.0. The van der Waals surface area contributed by atoms with Gasteiger partial charge in [-0.15, -0.1) is 11.8 Å². The molecule has 2 nitrogen and oxygen atoms in total. The van der Waals surface area contributed by atoms with Crippen molar-refractivity contribution in [2.24, 2.45) is 0 Å². The summed E-state index contributed by atoms with van der Waals surface area (Å²) in [5.74, 6) is -0.876. The second-order valence-corrected chi connectivity index (χ2v) is 4.01. The lowest BCUT2D eigenvalue weighted by Gasteiger charge is -2.06. The summed E-state index contributed by atoms with van der Waals surface area (Å²) in [6, 6.07) is 11.1. The van der Waals surface area contributed by atoms with Crippen LogP contribution in [0.15, 0.2) is 41.3 Å². The quantitative estimate of drug-likeness (QED) is 0.786. The molecule has 0 aromatic heterocycles. The zero-order chi connectivity index (χ0) is 10.8. The van der Waals surface area contributed by atoms with Gasteiger partial charge < -0.3 is 5.11 Å². The average Bonchev–Trinajstić information content (AvgIpc) is 2.27. The molecule has 0 atom stereocenters. The highest BCUT2D eigenvalue weighted by Gasteiger charge is 2.09. The summed E-state index contributed by atoms with van der Waals surface area (Å²) in [6.07, 6.45) is 1.99. The smallest absolute Gasteiger partial charge is 0.336 e. The molecule has 0 fully saturated rings. The van der Waals surface area contributed by atoms with Gasteiger partial charge in [0.05, 0.1) is 5.56 Å². The molecule has 0 aliphatic carbocycles. The number of aromatic carboxylic acids is 1. The van der Waals surface area contributed by atoms with Crippen LogP contribution in [0.4, 0.5) is 0 Å². The van der Waals surface area contributed by atoms with Crippen LogP contribution >= 0.6 is 11.8 Å². The van der Waals surface area contributed by atoms with E-state index in [-0.39, 0.29) is 0 Å². The van der Waals surface area contributed by atoms with Crippen molar-refractivity contribution in [1.82, 2.24) is 0 Å². The van der Waals surface area contributed by atoms with Gasteiger partial charge in [0.2, 0.25) is 0 Å². The molecule has 2 rings (SSSR count). The van der Waals surface area contributed by atoms with E-state index in [2.05, 4.69) is 0 Å². The number of hydrogen-bond donors (Lipinski definition) is 1. The summed E-state index contributed by atoms with van der Waals surface area (Å²) in [7, 11) is 0. The van der Waals surface area contributed by atoms with Crippen LogP contribution in [0.1, 0.15) is 10.4 Å². The Hall–Kier alpha value is -1.48. The van der Waals surface area contributed by atoms with Crippen molar-refractivity contribution in [1.29, 1.82) is 0 Å². The van der Waals surface area contributed by atoms with Gasteiger partial charge in [0.15, 0.2) is 0 Å². The number of benzene rings is 2. The van der Waals surface area contributed by atoms with Crippen LogP contribution in [-0.4, -0.2) is 17.3 Å². The van der Waals surface area contributed by atoms with Crippen molar-refractivity contribution in [2.75, 3.05) is 6.26 Å². The largest absolute Gasteiger partial charge is 0.478 e. The summed E-state index contributed by atoms with van der Waals surface area (Å²) >= 11 is 1.63. The summed E-state index contributed by atoms with van der Waals surface area (Å²) < 4.78 is 0. The van der Waals surface area contributed by atoms with Gasteiger partial charge in [-0.25, -0.2) is 4.79 Å². The molecule has 0 radical (unpaired) electrons. The fourth-order valence-corrected chi connectivity index (χ4v) is 2.24. The highest BCUT2D eigenvalue weighted by Crippen LogP contribution is 2.28. The maximum atomic E-state index is 11.0. The van der Waals surface area contributed by atoms with E-state index in [1.807, 2.05) is 36.6 Å². The molecule has 3 heteroatoms. The van der Waals surface area contributed by atoms with Crippen LogP contribution in [0.2, 0.25) is 0 Å². The number of hydrogen-bond acceptors (Lipinski definition) is 2. The van der Waals surface area contributed by atoms with E-state index < -0.39 is 5.97 Å². The van der Waals surface area contributed by atoms with E-state index in [1.54, 1.807) is 17.8 Å². The molecule has 0 saturated heterocycles. The van der Waals surface area contributed by atoms with E-state index in [0.29, 0.717) is 5.56 Å². The van der Waals surface area contributed by atoms with Crippen LogP contribution in [-0.2, 0) is 0 Å². The van der Waals surface area contributed by atoms with Gasteiger partial charge in [-0.2, -0.15) is 0 Å². The SMILES string of the molecule is CSc1ccc(C(=O)O)c2ccccc12. The van der Waals surface area contributed by atoms with Crippen molar-refractivity contribution in [2.45, 2.75) is 4.90 Å². The van der Waals surface area contributed by atoms with Crippen molar-refractivity contribution in [3.63, 3.8) is 0 Å². The van der Waals surface area contributed by atoms with Crippen molar-refractivity contribution in [3.8, 4) is 0 Å². The Morgan fingerprint density at radius 1 is 1.13 bits per heavy atom. The Bertz CT molecular complexity index is 520. The van der Waals surface area contributed by atoms with Crippen molar-refractivity contribution < 1.29 is 9.90 Å². The van der Waals surface area contributed by atoms with Gasteiger partial charge >= 0.3 is 5.97 Å². The summed E-state index contributed by atoms with van der Waals surface area (Å²) in [6.45, 7) is 0. The Kier molecular flexibility index (Phi) is 2.64. The normalized spacial score (nSPS) is 10.5. The molecular formula is C12H10O2S. The first-order valence-corrected chi connectivity index (χ1v) is 5.75. The highest BCUT2D eigenvalue weighted by molar-refractivity contribution is 7.98. The Balaban J connectivity index is 2.83. The van der Waals surface area contributed by atoms with Crippen LogP contribution < -0.4 is 0 Å². The zero-order valence-corrected chi connectivity index (χ0v) is 9.04. The highest BCUT2D eigenvalue weighted by atomic mass is 32.2. The second kappa shape index (κ2) is 3.95. The molecule has 0 unspecified atom stereocenters. The van der Waals surface area contributed by atoms with Gasteiger partial charge in [0, 0.05) is 4.90 Å². The molecule has 0 saturated carbocycles. The standard InChI is InChI=1S/C12H10O2S/c1-15-11-7-6-10(12(13)14)8-4-2-3-5-9(8)11/h2-7H,1H3,(H,13,14). The third-order valence-corrected chi connectivity index (χ3v) is 3.13. The number of rotatable bonds is 2. The zero-order valence-electron chi connectivity index (χ0n) is 8.23. The molecule has 0 amide bonds. The lowest BCUT2D eigenvalue weighted by Crippen LogP contribution is -1.97. The molecule has 0 aliphatic heterocycles. The van der Waals surface area contributed by atoms with Crippen LogP contribution in [0.25, 0.3) is 10.8 Å². The Morgan fingerprint density at radius 2 is 1.80 bits per heavy atom. The third kappa shape index (κ3) is 1.70. The van der Waals surface area contributed by atoms with E-state index in [1.165, 1.54) is 0 Å². The molecule has 15 heavy (non-hydrogen) atoms. The van der Waals surface area contributed by atoms with Gasteiger partial charge in [0.1, 0.15) is 0 Å². The molecule has 0 heterocycles. The van der Waals surface area contributed by atoms with Crippen LogP contribution in [0.3, 0.4) is 0 Å². The Morgan fingerprint density at radius 3 is 2.40 bits per heavy atom. The van der Waals surface area contributed by atoms with Crippen LogP contribution in [0, 0.1) is 0 Å². The number of carboxylic acids is 1. The average molecular weight is 218 g/mol. The molecule has 0 spiro atoms. The summed E-state index contributed by atoms with van der Waals surface area (Å²) in [5.41, 5.74) is 0.364. The molecule has 2 aromatic carbocycles. The molecule has 2 aromatic rings. The first-order chi connectivity index (χ1) is 7.24.